The predicted octanol–water partition coefficient (Wildman–Crippen LogP) is 2.35. The smallest absolute Gasteiger partial charge is 0.298 e. The Balaban J connectivity index is 2.25. The van der Waals surface area contributed by atoms with Crippen LogP contribution in [0.3, 0.4) is 0 Å². The molecule has 0 fully saturated rings. The molecule has 0 aliphatic carbocycles. The highest BCUT2D eigenvalue weighted by molar-refractivity contribution is 7.18. The van der Waals surface area contributed by atoms with Crippen LogP contribution in [-0.4, -0.2) is 20.7 Å². The first-order valence-electron chi connectivity index (χ1n) is 5.24. The summed E-state index contributed by atoms with van der Waals surface area (Å²) < 4.78 is 13.5. The van der Waals surface area contributed by atoms with Crippen LogP contribution in [0.4, 0.5) is 20.2 Å². The Kier molecular flexibility index (Phi) is 3.84. The molecule has 0 atom stereocenters. The number of thiazole rings is 1. The number of nitro benzene ring substituents is 1. The van der Waals surface area contributed by atoms with Crippen molar-refractivity contribution in [1.29, 1.82) is 0 Å². The molecule has 108 valence electrons. The van der Waals surface area contributed by atoms with Gasteiger partial charge in [-0.15, -0.1) is 0 Å². The molecule has 0 unspecified atom stereocenters. The van der Waals surface area contributed by atoms with Crippen LogP contribution in [0.1, 0.15) is 10.4 Å². The number of carbonyl (C=O) groups is 1. The number of benzene rings is 1. The third-order valence-electron chi connectivity index (χ3n) is 2.30. The number of nitro groups is 2. The lowest BCUT2D eigenvalue weighted by Gasteiger charge is -2.02. The van der Waals surface area contributed by atoms with Crippen molar-refractivity contribution in [3.63, 3.8) is 0 Å². The summed E-state index contributed by atoms with van der Waals surface area (Å²) >= 11 is 0.582. The summed E-state index contributed by atoms with van der Waals surface area (Å²) in [4.78, 5) is 35.0. The van der Waals surface area contributed by atoms with E-state index in [9.17, 15) is 29.4 Å². The molecule has 1 aromatic heterocycles. The Bertz CT molecular complexity index is 747. The normalized spacial score (nSPS) is 10.1. The number of non-ortho nitro benzene ring substituents is 1. The lowest BCUT2D eigenvalue weighted by Crippen LogP contribution is -2.13. The number of aromatic nitrogens is 1. The van der Waals surface area contributed by atoms with Crippen molar-refractivity contribution in [1.82, 2.24) is 4.98 Å². The van der Waals surface area contributed by atoms with Crippen LogP contribution >= 0.6 is 11.3 Å². The number of carbonyl (C=O) groups excluding carboxylic acids is 1. The SMILES string of the molecule is O=C(Nc1ncc([N+](=O)[O-])s1)c1cc([N+](=O)[O-])ccc1F. The largest absolute Gasteiger partial charge is 0.345 e. The number of nitrogens with zero attached hydrogens (tertiary/aromatic N) is 3. The van der Waals surface area contributed by atoms with E-state index in [2.05, 4.69) is 10.3 Å². The minimum absolute atomic E-state index is 0.113. The molecule has 2 rings (SSSR count). The second kappa shape index (κ2) is 5.58. The number of halogens is 1. The van der Waals surface area contributed by atoms with E-state index in [4.69, 9.17) is 0 Å². The van der Waals surface area contributed by atoms with Crippen LogP contribution in [-0.2, 0) is 0 Å². The third-order valence-corrected chi connectivity index (χ3v) is 3.16. The standard InChI is InChI=1S/C10H5FN4O5S/c11-7-2-1-5(14(17)18)3-6(7)9(16)13-10-12-4-8(21-10)15(19)20/h1-4H,(H,12,13,16). The third kappa shape index (κ3) is 3.14. The maximum atomic E-state index is 13.5. The van der Waals surface area contributed by atoms with Gasteiger partial charge < -0.3 is 0 Å². The summed E-state index contributed by atoms with van der Waals surface area (Å²) in [5, 5.41) is 22.8. The number of hydrogen-bond acceptors (Lipinski definition) is 7. The molecule has 1 amide bonds. The van der Waals surface area contributed by atoms with Gasteiger partial charge in [0.15, 0.2) is 5.13 Å². The fourth-order valence-electron chi connectivity index (χ4n) is 1.37. The van der Waals surface area contributed by atoms with Crippen LogP contribution in [0, 0.1) is 26.0 Å². The molecule has 9 nitrogen and oxygen atoms in total. The monoisotopic (exact) mass is 312 g/mol. The lowest BCUT2D eigenvalue weighted by atomic mass is 10.2. The molecule has 0 saturated heterocycles. The van der Waals surface area contributed by atoms with Gasteiger partial charge in [0.05, 0.1) is 15.4 Å². The Morgan fingerprint density at radius 3 is 2.57 bits per heavy atom. The van der Waals surface area contributed by atoms with E-state index in [1.165, 1.54) is 0 Å². The average molecular weight is 312 g/mol. The Hall–Kier alpha value is -2.95. The molecule has 0 bridgehead atoms. The zero-order valence-corrected chi connectivity index (χ0v) is 10.8. The first kappa shape index (κ1) is 14.5. The zero-order chi connectivity index (χ0) is 15.6. The molecule has 1 N–H and O–H groups in total. The summed E-state index contributed by atoms with van der Waals surface area (Å²) in [6.07, 6.45) is 0.935. The molecule has 21 heavy (non-hydrogen) atoms. The van der Waals surface area contributed by atoms with Crippen molar-refractivity contribution >= 4 is 33.1 Å². The van der Waals surface area contributed by atoms with Crippen LogP contribution in [0.25, 0.3) is 0 Å². The van der Waals surface area contributed by atoms with Crippen molar-refractivity contribution in [3.8, 4) is 0 Å². The maximum absolute atomic E-state index is 13.5. The highest BCUT2D eigenvalue weighted by Gasteiger charge is 2.19. The minimum atomic E-state index is -0.986. The zero-order valence-electron chi connectivity index (χ0n) is 9.98. The molecule has 0 aliphatic rings. The Labute approximate surface area is 119 Å². The van der Waals surface area contributed by atoms with Crippen LogP contribution in [0.2, 0.25) is 0 Å². The highest BCUT2D eigenvalue weighted by atomic mass is 32.1. The first-order chi connectivity index (χ1) is 9.88. The molecule has 1 aromatic carbocycles. The van der Waals surface area contributed by atoms with Crippen LogP contribution in [0.15, 0.2) is 24.4 Å². The van der Waals surface area contributed by atoms with Crippen molar-refractivity contribution in [3.05, 3.63) is 56.0 Å². The number of nitrogens with one attached hydrogen (secondary N) is 1. The Morgan fingerprint density at radius 2 is 2.00 bits per heavy atom. The second-order valence-corrected chi connectivity index (χ2v) is 4.65. The number of hydrogen-bond donors (Lipinski definition) is 1. The summed E-state index contributed by atoms with van der Waals surface area (Å²) in [7, 11) is 0. The topological polar surface area (TPSA) is 128 Å². The van der Waals surface area contributed by atoms with Gasteiger partial charge in [-0.05, 0) is 17.4 Å². The van der Waals surface area contributed by atoms with Crippen molar-refractivity contribution in [2.45, 2.75) is 0 Å². The summed E-state index contributed by atoms with van der Waals surface area (Å²) in [5.41, 5.74) is -1.01. The van der Waals surface area contributed by atoms with Gasteiger partial charge in [-0.1, -0.05) is 0 Å². The Morgan fingerprint density at radius 1 is 1.29 bits per heavy atom. The van der Waals surface area contributed by atoms with Gasteiger partial charge in [0.1, 0.15) is 12.0 Å². The van der Waals surface area contributed by atoms with E-state index in [0.717, 1.165) is 24.4 Å². The molecule has 0 aliphatic heterocycles. The molecular formula is C10H5FN4O5S. The second-order valence-electron chi connectivity index (χ2n) is 3.64. The molecule has 0 radical (unpaired) electrons. The van der Waals surface area contributed by atoms with Gasteiger partial charge >= 0.3 is 5.00 Å². The van der Waals surface area contributed by atoms with E-state index in [0.29, 0.717) is 11.3 Å². The van der Waals surface area contributed by atoms with E-state index < -0.39 is 32.8 Å². The quantitative estimate of drug-likeness (QED) is 0.681. The fourth-order valence-corrected chi connectivity index (χ4v) is 2.00. The highest BCUT2D eigenvalue weighted by Crippen LogP contribution is 2.26. The molecule has 1 heterocycles. The minimum Gasteiger partial charge on any atom is -0.298 e. The van der Waals surface area contributed by atoms with Crippen LogP contribution < -0.4 is 5.32 Å². The lowest BCUT2D eigenvalue weighted by molar-refractivity contribution is -0.384. The van der Waals surface area contributed by atoms with Gasteiger partial charge in [-0.25, -0.2) is 9.37 Å². The van der Waals surface area contributed by atoms with Gasteiger partial charge in [0.25, 0.3) is 11.6 Å². The van der Waals surface area contributed by atoms with E-state index in [1.807, 2.05) is 0 Å². The summed E-state index contributed by atoms with van der Waals surface area (Å²) in [5.74, 6) is -1.94. The van der Waals surface area contributed by atoms with Crippen molar-refractivity contribution in [2.75, 3.05) is 5.32 Å². The first-order valence-corrected chi connectivity index (χ1v) is 6.05. The van der Waals surface area contributed by atoms with Gasteiger partial charge in [-0.3, -0.25) is 30.3 Å². The number of rotatable bonds is 4. The molecule has 0 spiro atoms. The predicted molar refractivity (Wildman–Crippen MR) is 69.8 cm³/mol. The van der Waals surface area contributed by atoms with Crippen molar-refractivity contribution < 1.29 is 19.0 Å². The molecule has 11 heteroatoms. The number of anilines is 1. The van der Waals surface area contributed by atoms with E-state index >= 15 is 0 Å². The maximum Gasteiger partial charge on any atom is 0.345 e. The van der Waals surface area contributed by atoms with Gasteiger partial charge in [0.2, 0.25) is 0 Å². The van der Waals surface area contributed by atoms with E-state index in [1.54, 1.807) is 0 Å². The number of amides is 1. The van der Waals surface area contributed by atoms with Crippen molar-refractivity contribution in [2.24, 2.45) is 0 Å². The molecule has 0 saturated carbocycles. The fraction of sp³-hybridized carbons (Fsp3) is 0. The van der Waals surface area contributed by atoms with E-state index in [-0.39, 0.29) is 10.1 Å². The summed E-state index contributed by atoms with van der Waals surface area (Å²) in [6.45, 7) is 0. The van der Waals surface area contributed by atoms with Gasteiger partial charge in [0, 0.05) is 12.1 Å². The van der Waals surface area contributed by atoms with Gasteiger partial charge in [-0.2, -0.15) is 0 Å². The summed E-state index contributed by atoms with van der Waals surface area (Å²) in [6, 6.07) is 2.48. The van der Waals surface area contributed by atoms with Crippen LogP contribution in [0.5, 0.6) is 0 Å². The molecule has 2 aromatic rings. The average Bonchev–Trinajstić information content (AvgIpc) is 2.87. The molecular weight excluding hydrogens is 307 g/mol.